The average Bonchev–Trinajstić information content (AvgIpc) is 3.21. The molecule has 3 aromatic rings. The molecule has 0 aliphatic carbocycles. The first-order valence-corrected chi connectivity index (χ1v) is 10.4. The normalized spacial score (nSPS) is 11.9. The Bertz CT molecular complexity index is 957. The minimum absolute atomic E-state index is 0.0388. The van der Waals surface area contributed by atoms with E-state index in [1.54, 1.807) is 11.8 Å². The van der Waals surface area contributed by atoms with Crippen LogP contribution in [0.5, 0.6) is 5.75 Å². The second-order valence-corrected chi connectivity index (χ2v) is 7.54. The van der Waals surface area contributed by atoms with Gasteiger partial charge < -0.3 is 9.64 Å². The van der Waals surface area contributed by atoms with Crippen LogP contribution in [0.4, 0.5) is 0 Å². The fraction of sp³-hybridized carbons (Fsp3) is 0.333. The zero-order valence-electron chi connectivity index (χ0n) is 17.1. The molecule has 0 unspecified atom stereocenters. The molecule has 1 atom stereocenters. The lowest BCUT2D eigenvalue weighted by Crippen LogP contribution is -2.34. The number of amides is 1. The molecule has 152 valence electrons. The molecule has 29 heavy (non-hydrogen) atoms. The number of carbonyl (C=O) groups is 1. The Kier molecular flexibility index (Phi) is 6.87. The second-order valence-electron chi connectivity index (χ2n) is 6.47. The highest BCUT2D eigenvalue weighted by atomic mass is 32.2. The zero-order chi connectivity index (χ0) is 20.8. The predicted molar refractivity (Wildman–Crippen MR) is 113 cm³/mol. The largest absolute Gasteiger partial charge is 0.494 e. The maximum atomic E-state index is 13.3. The maximum Gasteiger partial charge on any atom is 0.240 e. The number of likely N-dealkylation sites (N-methyl/N-ethyl adjacent to an activating group) is 1. The molecule has 2 aromatic carbocycles. The topological polar surface area (TPSA) is 73.1 Å². The number of thioether (sulfide) groups is 1. The van der Waals surface area contributed by atoms with Gasteiger partial charge in [0.05, 0.1) is 7.11 Å². The van der Waals surface area contributed by atoms with E-state index in [4.69, 9.17) is 4.74 Å². The van der Waals surface area contributed by atoms with E-state index in [2.05, 4.69) is 15.5 Å². The fourth-order valence-electron chi connectivity index (χ4n) is 3.06. The summed E-state index contributed by atoms with van der Waals surface area (Å²) in [4.78, 5) is 15.1. The molecule has 0 saturated heterocycles. The lowest BCUT2D eigenvalue weighted by Gasteiger charge is -2.24. The molecule has 0 N–H and O–H groups in total. The van der Waals surface area contributed by atoms with Crippen molar-refractivity contribution in [2.24, 2.45) is 0 Å². The number of rotatable bonds is 8. The molecule has 0 saturated carbocycles. The molecule has 0 spiro atoms. The molecule has 7 nitrogen and oxygen atoms in total. The minimum atomic E-state index is -0.448. The Morgan fingerprint density at radius 1 is 1.17 bits per heavy atom. The van der Waals surface area contributed by atoms with Crippen LogP contribution in [-0.4, -0.2) is 51.2 Å². The molecule has 0 fully saturated rings. The van der Waals surface area contributed by atoms with Crippen LogP contribution < -0.4 is 4.74 Å². The molecule has 8 heteroatoms. The summed E-state index contributed by atoms with van der Waals surface area (Å²) in [5, 5.41) is 12.3. The van der Waals surface area contributed by atoms with Gasteiger partial charge in [-0.3, -0.25) is 4.79 Å². The summed E-state index contributed by atoms with van der Waals surface area (Å²) in [5.74, 6) is 0.702. The first-order valence-electron chi connectivity index (χ1n) is 9.52. The van der Waals surface area contributed by atoms with Crippen LogP contribution in [0, 0.1) is 6.92 Å². The Balaban J connectivity index is 2.01. The van der Waals surface area contributed by atoms with Gasteiger partial charge in [-0.25, -0.2) is 0 Å². The van der Waals surface area contributed by atoms with E-state index >= 15 is 0 Å². The van der Waals surface area contributed by atoms with Gasteiger partial charge in [0.2, 0.25) is 11.1 Å². The Morgan fingerprint density at radius 3 is 2.55 bits per heavy atom. The number of nitrogens with zero attached hydrogens (tertiary/aromatic N) is 5. The second kappa shape index (κ2) is 9.56. The van der Waals surface area contributed by atoms with E-state index in [9.17, 15) is 4.79 Å². The van der Waals surface area contributed by atoms with Crippen molar-refractivity contribution in [2.45, 2.75) is 31.2 Å². The molecule has 0 bridgehead atoms. The number of aryl methyl sites for hydroxylation is 1. The van der Waals surface area contributed by atoms with E-state index in [1.165, 1.54) is 11.8 Å². The van der Waals surface area contributed by atoms with E-state index in [0.717, 1.165) is 16.8 Å². The Hall–Kier alpha value is -2.87. The van der Waals surface area contributed by atoms with E-state index in [0.29, 0.717) is 24.0 Å². The van der Waals surface area contributed by atoms with Crippen molar-refractivity contribution < 1.29 is 9.53 Å². The van der Waals surface area contributed by atoms with Crippen LogP contribution in [0.25, 0.3) is 5.69 Å². The Labute approximate surface area is 175 Å². The van der Waals surface area contributed by atoms with Crippen LogP contribution in [0.1, 0.15) is 30.2 Å². The van der Waals surface area contributed by atoms with Gasteiger partial charge in [-0.15, -0.1) is 5.10 Å². The maximum absolute atomic E-state index is 13.3. The highest BCUT2D eigenvalue weighted by molar-refractivity contribution is 8.00. The van der Waals surface area contributed by atoms with Gasteiger partial charge in [0.15, 0.2) is 0 Å². The first-order chi connectivity index (χ1) is 14.1. The van der Waals surface area contributed by atoms with Crippen LogP contribution in [-0.2, 0) is 4.79 Å². The summed E-state index contributed by atoms with van der Waals surface area (Å²) in [5.41, 5.74) is 2.72. The van der Waals surface area contributed by atoms with Gasteiger partial charge in [0.25, 0.3) is 0 Å². The summed E-state index contributed by atoms with van der Waals surface area (Å²) >= 11 is 1.34. The Morgan fingerprint density at radius 2 is 1.90 bits per heavy atom. The third-order valence-electron chi connectivity index (χ3n) is 4.63. The highest BCUT2D eigenvalue weighted by Crippen LogP contribution is 2.37. The molecule has 1 aromatic heterocycles. The molecule has 0 aliphatic rings. The number of tetrazole rings is 1. The standard InChI is InChI=1S/C21H25N5O2S/c1-5-25(6-2)20(27)19(16-10-8-7-9-11-16)29-21-22-23-24-26(21)17-14-15(3)12-13-18(17)28-4/h7-14,19H,5-6H2,1-4H3/t19-/m1/s1. The average molecular weight is 412 g/mol. The summed E-state index contributed by atoms with van der Waals surface area (Å²) in [7, 11) is 1.61. The van der Waals surface area contributed by atoms with Gasteiger partial charge in [-0.1, -0.05) is 48.2 Å². The number of benzene rings is 2. The molecular formula is C21H25N5O2S. The smallest absolute Gasteiger partial charge is 0.240 e. The van der Waals surface area contributed by atoms with Crippen molar-refractivity contribution in [3.8, 4) is 11.4 Å². The quantitative estimate of drug-likeness (QED) is 0.527. The van der Waals surface area contributed by atoms with Gasteiger partial charge in [0, 0.05) is 13.1 Å². The van der Waals surface area contributed by atoms with Crippen molar-refractivity contribution in [1.29, 1.82) is 0 Å². The fourth-order valence-corrected chi connectivity index (χ4v) is 4.14. The predicted octanol–water partition coefficient (Wildman–Crippen LogP) is 3.68. The molecule has 0 radical (unpaired) electrons. The molecule has 1 heterocycles. The highest BCUT2D eigenvalue weighted by Gasteiger charge is 2.28. The lowest BCUT2D eigenvalue weighted by atomic mass is 10.1. The van der Waals surface area contributed by atoms with Gasteiger partial charge >= 0.3 is 0 Å². The van der Waals surface area contributed by atoms with Crippen molar-refractivity contribution in [3.05, 3.63) is 59.7 Å². The number of hydrogen-bond donors (Lipinski definition) is 0. The van der Waals surface area contributed by atoms with E-state index in [1.807, 2.05) is 74.2 Å². The van der Waals surface area contributed by atoms with Crippen LogP contribution in [0.15, 0.2) is 53.7 Å². The van der Waals surface area contributed by atoms with E-state index < -0.39 is 5.25 Å². The summed E-state index contributed by atoms with van der Waals surface area (Å²) in [6, 6.07) is 15.5. The SMILES string of the molecule is CCN(CC)C(=O)[C@H](Sc1nnnn1-c1cc(C)ccc1OC)c1ccccc1. The lowest BCUT2D eigenvalue weighted by molar-refractivity contribution is -0.130. The number of ether oxygens (including phenoxy) is 1. The van der Waals surface area contributed by atoms with Crippen molar-refractivity contribution in [1.82, 2.24) is 25.1 Å². The van der Waals surface area contributed by atoms with Crippen LogP contribution in [0.3, 0.4) is 0 Å². The third kappa shape index (κ3) is 4.59. The summed E-state index contributed by atoms with van der Waals surface area (Å²) < 4.78 is 7.12. The minimum Gasteiger partial charge on any atom is -0.494 e. The first kappa shape index (κ1) is 20.9. The number of carbonyl (C=O) groups excluding carboxylic acids is 1. The summed E-state index contributed by atoms with van der Waals surface area (Å²) in [6.45, 7) is 7.26. The van der Waals surface area contributed by atoms with Crippen molar-refractivity contribution in [2.75, 3.05) is 20.2 Å². The monoisotopic (exact) mass is 411 g/mol. The van der Waals surface area contributed by atoms with E-state index in [-0.39, 0.29) is 5.91 Å². The zero-order valence-corrected chi connectivity index (χ0v) is 17.9. The van der Waals surface area contributed by atoms with Gasteiger partial charge in [-0.2, -0.15) is 4.68 Å². The number of aromatic nitrogens is 4. The number of hydrogen-bond acceptors (Lipinski definition) is 6. The molecule has 1 amide bonds. The van der Waals surface area contributed by atoms with Gasteiger partial charge in [-0.05, 0) is 54.5 Å². The van der Waals surface area contributed by atoms with Crippen molar-refractivity contribution >= 4 is 17.7 Å². The molecule has 3 rings (SSSR count). The number of methoxy groups -OCH3 is 1. The molecular weight excluding hydrogens is 386 g/mol. The third-order valence-corrected chi connectivity index (χ3v) is 5.80. The van der Waals surface area contributed by atoms with Crippen LogP contribution >= 0.6 is 11.8 Å². The van der Waals surface area contributed by atoms with Gasteiger partial charge in [0.1, 0.15) is 16.7 Å². The molecule has 0 aliphatic heterocycles. The van der Waals surface area contributed by atoms with Crippen LogP contribution in [0.2, 0.25) is 0 Å². The summed E-state index contributed by atoms with van der Waals surface area (Å²) in [6.07, 6.45) is 0. The van der Waals surface area contributed by atoms with Crippen molar-refractivity contribution in [3.63, 3.8) is 0 Å².